The summed E-state index contributed by atoms with van der Waals surface area (Å²) in [5.41, 5.74) is 0. The van der Waals surface area contributed by atoms with Crippen molar-refractivity contribution < 1.29 is 4.79 Å². The number of terminal acetylenes is 1. The summed E-state index contributed by atoms with van der Waals surface area (Å²) in [6.07, 6.45) is 7.20. The van der Waals surface area contributed by atoms with Crippen molar-refractivity contribution in [2.45, 2.75) is 32.7 Å². The van der Waals surface area contributed by atoms with Crippen LogP contribution in [-0.4, -0.2) is 30.1 Å². The fourth-order valence-electron chi connectivity index (χ4n) is 1.59. The van der Waals surface area contributed by atoms with Gasteiger partial charge >= 0.3 is 6.03 Å². The third kappa shape index (κ3) is 2.95. The van der Waals surface area contributed by atoms with Gasteiger partial charge in [-0.25, -0.2) is 4.79 Å². The number of piperidine rings is 1. The molecule has 1 aliphatic heterocycles. The second-order valence-corrected chi connectivity index (χ2v) is 4.03. The zero-order valence-electron chi connectivity index (χ0n) is 8.92. The molecule has 0 aliphatic carbocycles. The quantitative estimate of drug-likeness (QED) is 0.630. The molecule has 0 aromatic rings. The molecular formula is C11H18N2O. The van der Waals surface area contributed by atoms with Gasteiger partial charge < -0.3 is 10.2 Å². The molecule has 1 fully saturated rings. The molecular weight excluding hydrogens is 176 g/mol. The summed E-state index contributed by atoms with van der Waals surface area (Å²) >= 11 is 0. The minimum atomic E-state index is 0.0375. The highest BCUT2D eigenvalue weighted by atomic mass is 16.2. The highest BCUT2D eigenvalue weighted by Crippen LogP contribution is 2.15. The van der Waals surface area contributed by atoms with Crippen LogP contribution in [0.5, 0.6) is 0 Å². The number of hydrogen-bond acceptors (Lipinski definition) is 1. The molecule has 0 atom stereocenters. The Morgan fingerprint density at radius 1 is 1.50 bits per heavy atom. The maximum atomic E-state index is 11.6. The van der Waals surface area contributed by atoms with Crippen LogP contribution in [0.4, 0.5) is 4.79 Å². The first-order chi connectivity index (χ1) is 6.63. The third-order valence-electron chi connectivity index (χ3n) is 2.43. The SMILES string of the molecule is C#CC1CCN(C(=O)NC(C)C)CC1. The standard InChI is InChI=1S/C11H18N2O/c1-4-10-5-7-13(8-6-10)11(14)12-9(2)3/h1,9-10H,5-8H2,2-3H3,(H,12,14). The first-order valence-electron chi connectivity index (χ1n) is 5.15. The Balaban J connectivity index is 2.35. The van der Waals surface area contributed by atoms with Gasteiger partial charge in [-0.15, -0.1) is 12.3 Å². The van der Waals surface area contributed by atoms with E-state index < -0.39 is 0 Å². The van der Waals surface area contributed by atoms with Gasteiger partial charge in [0, 0.05) is 25.0 Å². The van der Waals surface area contributed by atoms with Gasteiger partial charge in [0.2, 0.25) is 0 Å². The lowest BCUT2D eigenvalue weighted by atomic mass is 9.98. The molecule has 0 aromatic heterocycles. The highest BCUT2D eigenvalue weighted by molar-refractivity contribution is 5.74. The van der Waals surface area contributed by atoms with Crippen LogP contribution in [0.25, 0.3) is 0 Å². The molecule has 78 valence electrons. The average Bonchev–Trinajstić information content (AvgIpc) is 2.17. The largest absolute Gasteiger partial charge is 0.336 e. The molecule has 1 aliphatic rings. The number of nitrogens with one attached hydrogen (secondary N) is 1. The van der Waals surface area contributed by atoms with Crippen LogP contribution in [0.15, 0.2) is 0 Å². The second kappa shape index (κ2) is 4.90. The number of carbonyl (C=O) groups is 1. The van der Waals surface area contributed by atoms with Crippen molar-refractivity contribution in [2.75, 3.05) is 13.1 Å². The summed E-state index contributed by atoms with van der Waals surface area (Å²) in [4.78, 5) is 13.4. The Morgan fingerprint density at radius 2 is 2.07 bits per heavy atom. The van der Waals surface area contributed by atoms with E-state index in [0.29, 0.717) is 5.92 Å². The Bertz CT molecular complexity index is 234. The smallest absolute Gasteiger partial charge is 0.317 e. The predicted molar refractivity (Wildman–Crippen MR) is 56.8 cm³/mol. The van der Waals surface area contributed by atoms with Crippen LogP contribution in [0.3, 0.4) is 0 Å². The third-order valence-corrected chi connectivity index (χ3v) is 2.43. The number of amides is 2. The predicted octanol–water partition coefficient (Wildman–Crippen LogP) is 1.45. The first-order valence-corrected chi connectivity index (χ1v) is 5.15. The monoisotopic (exact) mass is 194 g/mol. The lowest BCUT2D eigenvalue weighted by Gasteiger charge is -2.30. The van der Waals surface area contributed by atoms with Crippen molar-refractivity contribution in [3.63, 3.8) is 0 Å². The summed E-state index contributed by atoms with van der Waals surface area (Å²) < 4.78 is 0. The van der Waals surface area contributed by atoms with Crippen LogP contribution in [0.2, 0.25) is 0 Å². The van der Waals surface area contributed by atoms with Gasteiger partial charge in [0.15, 0.2) is 0 Å². The molecule has 0 spiro atoms. The fourth-order valence-corrected chi connectivity index (χ4v) is 1.59. The van der Waals surface area contributed by atoms with Gasteiger partial charge in [0.25, 0.3) is 0 Å². The molecule has 0 unspecified atom stereocenters. The summed E-state index contributed by atoms with van der Waals surface area (Å²) in [5.74, 6) is 3.11. The zero-order chi connectivity index (χ0) is 10.6. The van der Waals surface area contributed by atoms with E-state index >= 15 is 0 Å². The molecule has 14 heavy (non-hydrogen) atoms. The molecule has 3 nitrogen and oxygen atoms in total. The van der Waals surface area contributed by atoms with Crippen molar-refractivity contribution in [2.24, 2.45) is 5.92 Å². The van der Waals surface area contributed by atoms with E-state index in [1.165, 1.54) is 0 Å². The molecule has 1 rings (SSSR count). The number of rotatable bonds is 1. The molecule has 0 bridgehead atoms. The molecule has 0 radical (unpaired) electrons. The lowest BCUT2D eigenvalue weighted by Crippen LogP contribution is -2.46. The summed E-state index contributed by atoms with van der Waals surface area (Å²) in [5, 5.41) is 2.88. The van der Waals surface area contributed by atoms with Crippen LogP contribution in [-0.2, 0) is 0 Å². The number of urea groups is 1. The van der Waals surface area contributed by atoms with E-state index in [4.69, 9.17) is 6.42 Å². The minimum absolute atomic E-state index is 0.0375. The Kier molecular flexibility index (Phi) is 3.82. The van der Waals surface area contributed by atoms with E-state index in [9.17, 15) is 4.79 Å². The molecule has 3 heteroatoms. The Labute approximate surface area is 85.9 Å². The molecule has 1 saturated heterocycles. The molecule has 1 heterocycles. The van der Waals surface area contributed by atoms with Crippen LogP contribution in [0.1, 0.15) is 26.7 Å². The number of likely N-dealkylation sites (tertiary alicyclic amines) is 1. The first kappa shape index (κ1) is 10.9. The Morgan fingerprint density at radius 3 is 2.50 bits per heavy atom. The highest BCUT2D eigenvalue weighted by Gasteiger charge is 2.21. The van der Waals surface area contributed by atoms with Crippen molar-refractivity contribution in [1.29, 1.82) is 0 Å². The van der Waals surface area contributed by atoms with Crippen molar-refractivity contribution in [3.05, 3.63) is 0 Å². The number of nitrogens with zero attached hydrogens (tertiary/aromatic N) is 1. The summed E-state index contributed by atoms with van der Waals surface area (Å²) in [7, 11) is 0. The van der Waals surface area contributed by atoms with E-state index in [0.717, 1.165) is 25.9 Å². The van der Waals surface area contributed by atoms with Gasteiger partial charge in [0.1, 0.15) is 0 Å². The van der Waals surface area contributed by atoms with Crippen LogP contribution >= 0.6 is 0 Å². The van der Waals surface area contributed by atoms with Gasteiger partial charge in [-0.1, -0.05) is 0 Å². The average molecular weight is 194 g/mol. The minimum Gasteiger partial charge on any atom is -0.336 e. The Hall–Kier alpha value is -1.17. The van der Waals surface area contributed by atoms with Gasteiger partial charge in [-0.05, 0) is 26.7 Å². The van der Waals surface area contributed by atoms with Gasteiger partial charge in [0.05, 0.1) is 0 Å². The van der Waals surface area contributed by atoms with E-state index in [-0.39, 0.29) is 12.1 Å². The summed E-state index contributed by atoms with van der Waals surface area (Å²) in [6.45, 7) is 5.50. The molecule has 2 amide bonds. The van der Waals surface area contributed by atoms with Gasteiger partial charge in [-0.3, -0.25) is 0 Å². The van der Waals surface area contributed by atoms with E-state index in [1.807, 2.05) is 18.7 Å². The second-order valence-electron chi connectivity index (χ2n) is 4.03. The topological polar surface area (TPSA) is 32.3 Å². The fraction of sp³-hybridized carbons (Fsp3) is 0.727. The van der Waals surface area contributed by atoms with Gasteiger partial charge in [-0.2, -0.15) is 0 Å². The summed E-state index contributed by atoms with van der Waals surface area (Å²) in [6, 6.07) is 0.239. The number of carbonyl (C=O) groups excluding carboxylic acids is 1. The molecule has 1 N–H and O–H groups in total. The molecule has 0 saturated carbocycles. The van der Waals surface area contributed by atoms with Crippen LogP contribution in [0, 0.1) is 18.3 Å². The van der Waals surface area contributed by atoms with Crippen molar-refractivity contribution in [1.82, 2.24) is 10.2 Å². The van der Waals surface area contributed by atoms with Crippen molar-refractivity contribution in [3.8, 4) is 12.3 Å². The maximum Gasteiger partial charge on any atom is 0.317 e. The maximum absolute atomic E-state index is 11.6. The molecule has 0 aromatic carbocycles. The van der Waals surface area contributed by atoms with Crippen LogP contribution < -0.4 is 5.32 Å². The lowest BCUT2D eigenvalue weighted by molar-refractivity contribution is 0.177. The number of hydrogen-bond donors (Lipinski definition) is 1. The van der Waals surface area contributed by atoms with Crippen molar-refractivity contribution >= 4 is 6.03 Å². The van der Waals surface area contributed by atoms with E-state index in [2.05, 4.69) is 11.2 Å². The van der Waals surface area contributed by atoms with E-state index in [1.54, 1.807) is 0 Å². The normalized spacial score (nSPS) is 18.0. The zero-order valence-corrected chi connectivity index (χ0v) is 8.92.